The van der Waals surface area contributed by atoms with Crippen LogP contribution < -0.4 is 9.47 Å². The summed E-state index contributed by atoms with van der Waals surface area (Å²) >= 11 is 0. The number of hydrogen-bond acceptors (Lipinski definition) is 2. The number of hydrogen-bond donors (Lipinski definition) is 0. The van der Waals surface area contributed by atoms with Gasteiger partial charge in [0.2, 0.25) is 0 Å². The topological polar surface area (TPSA) is 18.5 Å². The van der Waals surface area contributed by atoms with Crippen LogP contribution in [0.15, 0.2) is 109 Å². The van der Waals surface area contributed by atoms with E-state index in [1.54, 1.807) is 62.8 Å². The molecule has 216 valence electrons. The number of alkyl halides is 6. The number of ether oxygens (including phenoxy) is 2. The third-order valence-electron chi connectivity index (χ3n) is 6.45. The van der Waals surface area contributed by atoms with Gasteiger partial charge in [0.1, 0.15) is 11.5 Å². The first-order chi connectivity index (χ1) is 20.0. The van der Waals surface area contributed by atoms with Crippen LogP contribution in [-0.4, -0.2) is 14.2 Å². The summed E-state index contributed by atoms with van der Waals surface area (Å²) in [7, 11) is 3.09. The van der Waals surface area contributed by atoms with Crippen LogP contribution in [0.5, 0.6) is 11.5 Å². The van der Waals surface area contributed by atoms with Crippen molar-refractivity contribution in [2.45, 2.75) is 12.4 Å². The molecule has 0 aliphatic carbocycles. The summed E-state index contributed by atoms with van der Waals surface area (Å²) in [5, 5.41) is 0. The standard InChI is InChI=1S/C34H26F6O2/c1-41-29-17-9-25(10-18-29)31(21-7-23-3-13-27(14-4-23)33(35,36)37)32(26-11-19-30(42-2)20-12-26)22-8-24-5-15-28(16-6-24)34(38,39)40/h3-22H,1-2H3/b21-7+,22-8+,32-31+. The van der Waals surface area contributed by atoms with E-state index >= 15 is 0 Å². The fraction of sp³-hybridized carbons (Fsp3) is 0.118. The number of benzene rings is 4. The van der Waals surface area contributed by atoms with Crippen LogP contribution in [-0.2, 0) is 12.4 Å². The molecule has 0 aliphatic rings. The van der Waals surface area contributed by atoms with E-state index in [0.29, 0.717) is 33.8 Å². The minimum absolute atomic E-state index is 0.551. The molecular weight excluding hydrogens is 554 g/mol. The molecule has 0 fully saturated rings. The van der Waals surface area contributed by atoms with Crippen molar-refractivity contribution >= 4 is 23.3 Å². The number of rotatable bonds is 8. The highest BCUT2D eigenvalue weighted by atomic mass is 19.4. The molecule has 0 N–H and O–H groups in total. The molecule has 0 aliphatic heterocycles. The molecule has 0 radical (unpaired) electrons. The van der Waals surface area contributed by atoms with E-state index in [9.17, 15) is 26.3 Å². The van der Waals surface area contributed by atoms with Gasteiger partial charge in [0, 0.05) is 0 Å². The fourth-order valence-corrected chi connectivity index (χ4v) is 4.15. The molecule has 2 nitrogen and oxygen atoms in total. The van der Waals surface area contributed by atoms with Crippen LogP contribution in [0.25, 0.3) is 23.3 Å². The zero-order chi connectivity index (χ0) is 30.3. The zero-order valence-electron chi connectivity index (χ0n) is 22.6. The van der Waals surface area contributed by atoms with E-state index in [4.69, 9.17) is 9.47 Å². The smallest absolute Gasteiger partial charge is 0.416 e. The molecule has 0 bridgehead atoms. The lowest BCUT2D eigenvalue weighted by Gasteiger charge is -2.13. The summed E-state index contributed by atoms with van der Waals surface area (Å²) in [6.45, 7) is 0. The molecule has 4 rings (SSSR count). The second kappa shape index (κ2) is 12.9. The molecule has 4 aromatic carbocycles. The average Bonchev–Trinajstić information content (AvgIpc) is 2.98. The van der Waals surface area contributed by atoms with Gasteiger partial charge in [-0.25, -0.2) is 0 Å². The van der Waals surface area contributed by atoms with Gasteiger partial charge in [0.25, 0.3) is 0 Å². The highest BCUT2D eigenvalue weighted by molar-refractivity contribution is 6.02. The molecule has 0 aromatic heterocycles. The normalized spacial score (nSPS) is 13.0. The van der Waals surface area contributed by atoms with Crippen molar-refractivity contribution < 1.29 is 35.8 Å². The van der Waals surface area contributed by atoms with Crippen molar-refractivity contribution in [2.24, 2.45) is 0 Å². The number of allylic oxidation sites excluding steroid dienone is 4. The van der Waals surface area contributed by atoms with E-state index in [1.807, 2.05) is 24.3 Å². The molecule has 0 saturated heterocycles. The van der Waals surface area contributed by atoms with Crippen molar-refractivity contribution in [1.29, 1.82) is 0 Å². The first-order valence-electron chi connectivity index (χ1n) is 12.7. The Hall–Kier alpha value is -4.72. The van der Waals surface area contributed by atoms with Crippen molar-refractivity contribution in [3.63, 3.8) is 0 Å². The second-order valence-corrected chi connectivity index (χ2v) is 9.19. The summed E-state index contributed by atoms with van der Waals surface area (Å²) in [6, 6.07) is 24.1. The van der Waals surface area contributed by atoms with Crippen LogP contribution in [0.4, 0.5) is 26.3 Å². The van der Waals surface area contributed by atoms with Crippen molar-refractivity contribution in [2.75, 3.05) is 14.2 Å². The number of halogens is 6. The molecule has 0 spiro atoms. The molecule has 4 aromatic rings. The lowest BCUT2D eigenvalue weighted by Crippen LogP contribution is -2.04. The van der Waals surface area contributed by atoms with E-state index in [0.717, 1.165) is 35.4 Å². The summed E-state index contributed by atoms with van der Waals surface area (Å²) in [6.07, 6.45) is -1.89. The Labute approximate surface area is 239 Å². The maximum atomic E-state index is 13.1. The zero-order valence-corrected chi connectivity index (χ0v) is 22.6. The summed E-state index contributed by atoms with van der Waals surface area (Å²) < 4.78 is 89.0. The number of methoxy groups -OCH3 is 2. The molecule has 0 heterocycles. The van der Waals surface area contributed by atoms with Gasteiger partial charge in [-0.05, 0) is 81.9 Å². The van der Waals surface area contributed by atoms with Gasteiger partial charge in [-0.3, -0.25) is 0 Å². The third kappa shape index (κ3) is 7.72. The van der Waals surface area contributed by atoms with Gasteiger partial charge < -0.3 is 9.47 Å². The Kier molecular flexibility index (Phi) is 9.25. The van der Waals surface area contributed by atoms with Crippen LogP contribution in [0.1, 0.15) is 33.4 Å². The first-order valence-corrected chi connectivity index (χ1v) is 12.7. The molecule has 0 amide bonds. The van der Waals surface area contributed by atoms with Crippen LogP contribution in [0.3, 0.4) is 0 Å². The molecule has 0 atom stereocenters. The minimum Gasteiger partial charge on any atom is -0.497 e. The van der Waals surface area contributed by atoms with E-state index < -0.39 is 23.5 Å². The lowest BCUT2D eigenvalue weighted by atomic mass is 9.92. The van der Waals surface area contributed by atoms with Gasteiger partial charge in [0.15, 0.2) is 0 Å². The highest BCUT2D eigenvalue weighted by Crippen LogP contribution is 2.34. The second-order valence-electron chi connectivity index (χ2n) is 9.19. The maximum Gasteiger partial charge on any atom is 0.416 e. The molecule has 0 saturated carbocycles. The van der Waals surface area contributed by atoms with Crippen LogP contribution >= 0.6 is 0 Å². The molecular formula is C34H26F6O2. The van der Waals surface area contributed by atoms with E-state index in [-0.39, 0.29) is 0 Å². The molecule has 8 heteroatoms. The first kappa shape index (κ1) is 30.2. The Balaban J connectivity index is 1.86. The third-order valence-corrected chi connectivity index (χ3v) is 6.45. The molecule has 0 unspecified atom stereocenters. The van der Waals surface area contributed by atoms with E-state index in [2.05, 4.69) is 0 Å². The average molecular weight is 581 g/mol. The highest BCUT2D eigenvalue weighted by Gasteiger charge is 2.30. The predicted molar refractivity (Wildman–Crippen MR) is 154 cm³/mol. The summed E-state index contributed by atoms with van der Waals surface area (Å²) in [4.78, 5) is 0. The fourth-order valence-electron chi connectivity index (χ4n) is 4.15. The Bertz CT molecular complexity index is 1440. The minimum atomic E-state index is -4.44. The SMILES string of the molecule is COc1ccc(C(/C=C/c2ccc(C(F)(F)F)cc2)=C(\C=C\c2ccc(C(F)(F)F)cc2)c2ccc(OC)cc2)cc1. The van der Waals surface area contributed by atoms with E-state index in [1.165, 1.54) is 24.3 Å². The van der Waals surface area contributed by atoms with Crippen molar-refractivity contribution in [3.8, 4) is 11.5 Å². The molecule has 42 heavy (non-hydrogen) atoms. The van der Waals surface area contributed by atoms with Crippen LogP contribution in [0, 0.1) is 0 Å². The van der Waals surface area contributed by atoms with Crippen LogP contribution in [0.2, 0.25) is 0 Å². The van der Waals surface area contributed by atoms with Gasteiger partial charge in [-0.1, -0.05) is 72.8 Å². The predicted octanol–water partition coefficient (Wildman–Crippen LogP) is 10.1. The summed E-state index contributed by atoms with van der Waals surface area (Å²) in [5.74, 6) is 1.27. The lowest BCUT2D eigenvalue weighted by molar-refractivity contribution is -0.138. The van der Waals surface area contributed by atoms with Gasteiger partial charge >= 0.3 is 12.4 Å². The Morgan fingerprint density at radius 1 is 0.476 bits per heavy atom. The Morgan fingerprint density at radius 3 is 1.05 bits per heavy atom. The van der Waals surface area contributed by atoms with Gasteiger partial charge in [-0.2, -0.15) is 26.3 Å². The Morgan fingerprint density at radius 2 is 0.786 bits per heavy atom. The van der Waals surface area contributed by atoms with Crippen molar-refractivity contribution in [1.82, 2.24) is 0 Å². The van der Waals surface area contributed by atoms with Gasteiger partial charge in [0.05, 0.1) is 25.3 Å². The van der Waals surface area contributed by atoms with Crippen molar-refractivity contribution in [3.05, 3.63) is 143 Å². The van der Waals surface area contributed by atoms with Gasteiger partial charge in [-0.15, -0.1) is 0 Å². The largest absolute Gasteiger partial charge is 0.497 e. The monoisotopic (exact) mass is 580 g/mol. The maximum absolute atomic E-state index is 13.1. The summed E-state index contributed by atoms with van der Waals surface area (Å²) in [5.41, 5.74) is 2.60. The quantitative estimate of drug-likeness (QED) is 0.117.